The minimum absolute atomic E-state index is 0.00553. The second kappa shape index (κ2) is 8.58. The first-order valence-corrected chi connectivity index (χ1v) is 11.3. The molecule has 5 heteroatoms. The third-order valence-corrected chi connectivity index (χ3v) is 6.14. The highest BCUT2D eigenvalue weighted by Crippen LogP contribution is 2.44. The summed E-state index contributed by atoms with van der Waals surface area (Å²) in [6.45, 7) is 5.15. The van der Waals surface area contributed by atoms with Crippen molar-refractivity contribution in [3.05, 3.63) is 107 Å². The number of hydrogen-bond acceptors (Lipinski definition) is 3. The molecule has 3 aromatic carbocycles. The molecule has 4 aromatic rings. The van der Waals surface area contributed by atoms with Crippen LogP contribution in [0.3, 0.4) is 0 Å². The van der Waals surface area contributed by atoms with Gasteiger partial charge in [-0.1, -0.05) is 72.3 Å². The normalized spacial score (nSPS) is 15.1. The van der Waals surface area contributed by atoms with Gasteiger partial charge in [0.1, 0.15) is 11.4 Å². The first-order chi connectivity index (χ1) is 16.1. The van der Waals surface area contributed by atoms with Crippen molar-refractivity contribution in [3.63, 3.8) is 0 Å². The Morgan fingerprint density at radius 3 is 2.45 bits per heavy atom. The summed E-state index contributed by atoms with van der Waals surface area (Å²) >= 11 is 0. The van der Waals surface area contributed by atoms with Crippen molar-refractivity contribution in [2.45, 2.75) is 26.4 Å². The van der Waals surface area contributed by atoms with E-state index in [0.717, 1.165) is 33.7 Å². The van der Waals surface area contributed by atoms with Gasteiger partial charge in [0, 0.05) is 24.7 Å². The minimum atomic E-state index is -0.252. The number of benzene rings is 3. The fourth-order valence-corrected chi connectivity index (χ4v) is 4.62. The van der Waals surface area contributed by atoms with Gasteiger partial charge in [0.15, 0.2) is 0 Å². The monoisotopic (exact) mass is 437 g/mol. The minimum Gasteiger partial charge on any atom is -0.494 e. The Kier molecular flexibility index (Phi) is 5.47. The van der Waals surface area contributed by atoms with Gasteiger partial charge >= 0.3 is 0 Å². The summed E-state index contributed by atoms with van der Waals surface area (Å²) < 4.78 is 7.52. The van der Waals surface area contributed by atoms with Crippen molar-refractivity contribution in [1.82, 2.24) is 14.7 Å². The van der Waals surface area contributed by atoms with Crippen LogP contribution in [0, 0.1) is 6.92 Å². The molecule has 0 saturated carbocycles. The van der Waals surface area contributed by atoms with Gasteiger partial charge in [-0.05, 0) is 37.1 Å². The van der Waals surface area contributed by atoms with Crippen LogP contribution in [0.1, 0.15) is 45.7 Å². The lowest BCUT2D eigenvalue weighted by atomic mass is 9.95. The van der Waals surface area contributed by atoms with Crippen LogP contribution in [-0.4, -0.2) is 27.2 Å². The first kappa shape index (κ1) is 21.0. The Bertz CT molecular complexity index is 1290. The number of ether oxygens (including phenoxy) is 1. The molecule has 1 aliphatic heterocycles. The van der Waals surface area contributed by atoms with Crippen LogP contribution in [0.4, 0.5) is 0 Å². The van der Waals surface area contributed by atoms with E-state index in [-0.39, 0.29) is 11.9 Å². The second-order valence-corrected chi connectivity index (χ2v) is 8.43. The molecule has 0 spiro atoms. The summed E-state index contributed by atoms with van der Waals surface area (Å²) in [4.78, 5) is 15.7. The van der Waals surface area contributed by atoms with Gasteiger partial charge in [0.2, 0.25) is 0 Å². The molecule has 1 atom stereocenters. The van der Waals surface area contributed by atoms with Gasteiger partial charge in [-0.25, -0.2) is 0 Å². The lowest BCUT2D eigenvalue weighted by Gasteiger charge is -2.27. The highest BCUT2D eigenvalue weighted by molar-refractivity contribution is 6.00. The number of fused-ring (bicyclic) bond motifs is 1. The second-order valence-electron chi connectivity index (χ2n) is 8.43. The number of rotatable bonds is 6. The predicted molar refractivity (Wildman–Crippen MR) is 129 cm³/mol. The quantitative estimate of drug-likeness (QED) is 0.398. The van der Waals surface area contributed by atoms with Gasteiger partial charge in [0.05, 0.1) is 18.3 Å². The summed E-state index contributed by atoms with van der Waals surface area (Å²) in [5, 5.41) is 4.80. The molecular formula is C28H27N3O2. The summed E-state index contributed by atoms with van der Waals surface area (Å²) in [5.74, 6) is 0.797. The summed E-state index contributed by atoms with van der Waals surface area (Å²) in [6.07, 6.45) is 0. The van der Waals surface area contributed by atoms with Crippen LogP contribution in [0.25, 0.3) is 11.3 Å². The van der Waals surface area contributed by atoms with Crippen LogP contribution in [0.2, 0.25) is 0 Å². The van der Waals surface area contributed by atoms with Crippen LogP contribution >= 0.6 is 0 Å². The van der Waals surface area contributed by atoms with Gasteiger partial charge in [-0.3, -0.25) is 9.48 Å². The molecule has 2 heterocycles. The molecule has 5 nitrogen and oxygen atoms in total. The number of aryl methyl sites for hydroxylation is 2. The molecule has 0 bridgehead atoms. The summed E-state index contributed by atoms with van der Waals surface area (Å²) in [6, 6.07) is 26.3. The van der Waals surface area contributed by atoms with E-state index in [9.17, 15) is 4.79 Å². The van der Waals surface area contributed by atoms with Crippen LogP contribution in [0.5, 0.6) is 5.75 Å². The number of carbonyl (C=O) groups is 1. The zero-order valence-corrected chi connectivity index (χ0v) is 19.2. The molecule has 1 aromatic heterocycles. The number of amides is 1. The maximum Gasteiger partial charge on any atom is 0.273 e. The number of carbonyl (C=O) groups excluding carboxylic acids is 1. The number of hydrogen-bond donors (Lipinski definition) is 0. The average Bonchev–Trinajstić information content (AvgIpc) is 3.30. The van der Waals surface area contributed by atoms with E-state index in [2.05, 4.69) is 49.4 Å². The molecular weight excluding hydrogens is 410 g/mol. The van der Waals surface area contributed by atoms with E-state index in [4.69, 9.17) is 9.84 Å². The average molecular weight is 438 g/mol. The maximum absolute atomic E-state index is 13.7. The largest absolute Gasteiger partial charge is 0.494 e. The molecule has 33 heavy (non-hydrogen) atoms. The van der Waals surface area contributed by atoms with E-state index in [1.54, 1.807) is 4.68 Å². The number of aromatic nitrogens is 2. The smallest absolute Gasteiger partial charge is 0.273 e. The molecule has 1 amide bonds. The van der Waals surface area contributed by atoms with Crippen molar-refractivity contribution >= 4 is 5.91 Å². The van der Waals surface area contributed by atoms with E-state index >= 15 is 0 Å². The maximum atomic E-state index is 13.7. The van der Waals surface area contributed by atoms with Crippen molar-refractivity contribution in [3.8, 4) is 17.0 Å². The molecule has 1 aliphatic rings. The molecule has 5 rings (SSSR count). The fraction of sp³-hybridized carbons (Fsp3) is 0.214. The predicted octanol–water partition coefficient (Wildman–Crippen LogP) is 5.54. The van der Waals surface area contributed by atoms with E-state index in [0.29, 0.717) is 18.8 Å². The van der Waals surface area contributed by atoms with Crippen molar-refractivity contribution in [2.75, 3.05) is 6.61 Å². The third kappa shape index (κ3) is 3.80. The fourth-order valence-electron chi connectivity index (χ4n) is 4.62. The van der Waals surface area contributed by atoms with Crippen LogP contribution < -0.4 is 4.74 Å². The Morgan fingerprint density at radius 1 is 0.970 bits per heavy atom. The van der Waals surface area contributed by atoms with E-state index in [1.807, 2.05) is 55.3 Å². The van der Waals surface area contributed by atoms with Gasteiger partial charge in [-0.15, -0.1) is 0 Å². The Hall–Kier alpha value is -3.86. The van der Waals surface area contributed by atoms with Crippen LogP contribution in [-0.2, 0) is 13.6 Å². The molecule has 0 fully saturated rings. The third-order valence-electron chi connectivity index (χ3n) is 6.14. The molecule has 0 aliphatic carbocycles. The van der Waals surface area contributed by atoms with Gasteiger partial charge < -0.3 is 9.64 Å². The summed E-state index contributed by atoms with van der Waals surface area (Å²) in [5.41, 5.74) is 6.76. The van der Waals surface area contributed by atoms with Crippen molar-refractivity contribution in [2.24, 2.45) is 7.05 Å². The highest BCUT2D eigenvalue weighted by Gasteiger charge is 2.43. The summed E-state index contributed by atoms with van der Waals surface area (Å²) in [7, 11) is 1.86. The zero-order valence-electron chi connectivity index (χ0n) is 19.2. The molecule has 0 N–H and O–H groups in total. The molecule has 0 radical (unpaired) electrons. The first-order valence-electron chi connectivity index (χ1n) is 11.3. The zero-order chi connectivity index (χ0) is 22.9. The Labute approximate surface area is 194 Å². The van der Waals surface area contributed by atoms with Crippen LogP contribution in [0.15, 0.2) is 78.9 Å². The lowest BCUT2D eigenvalue weighted by Crippen LogP contribution is -2.29. The SMILES string of the molecule is CCOc1cccc(C2c3c(-c4ccc(C)cc4)nn(C)c3C(=O)N2Cc2ccccc2)c1. The van der Waals surface area contributed by atoms with Crippen molar-refractivity contribution < 1.29 is 9.53 Å². The van der Waals surface area contributed by atoms with Gasteiger partial charge in [-0.2, -0.15) is 5.10 Å². The molecule has 0 saturated heterocycles. The van der Waals surface area contributed by atoms with E-state index in [1.165, 1.54) is 5.56 Å². The van der Waals surface area contributed by atoms with Crippen molar-refractivity contribution in [1.29, 1.82) is 0 Å². The Balaban J connectivity index is 1.68. The highest BCUT2D eigenvalue weighted by atomic mass is 16.5. The Morgan fingerprint density at radius 2 is 1.73 bits per heavy atom. The lowest BCUT2D eigenvalue weighted by molar-refractivity contribution is 0.0725. The topological polar surface area (TPSA) is 47.4 Å². The van der Waals surface area contributed by atoms with E-state index < -0.39 is 0 Å². The standard InChI is InChI=1S/C28H27N3O2/c1-4-33-23-12-8-11-22(17-23)26-24-25(21-15-13-19(2)14-16-21)29-30(3)27(24)28(32)31(26)18-20-9-6-5-7-10-20/h5-17,26H,4,18H2,1-3H3. The molecule has 1 unspecified atom stereocenters. The number of nitrogens with zero attached hydrogens (tertiary/aromatic N) is 3. The molecule has 166 valence electrons. The van der Waals surface area contributed by atoms with Gasteiger partial charge in [0.25, 0.3) is 5.91 Å².